The van der Waals surface area contributed by atoms with Gasteiger partial charge in [0.25, 0.3) is 17.3 Å². The lowest BCUT2D eigenvalue weighted by molar-refractivity contribution is -0.394. The predicted octanol–water partition coefficient (Wildman–Crippen LogP) is 4.71. The van der Waals surface area contributed by atoms with E-state index in [2.05, 4.69) is 12.2 Å². The highest BCUT2D eigenvalue weighted by Crippen LogP contribution is 2.26. The van der Waals surface area contributed by atoms with Crippen LogP contribution in [0.3, 0.4) is 0 Å². The maximum atomic E-state index is 12.4. The van der Waals surface area contributed by atoms with Crippen LogP contribution in [0, 0.1) is 20.2 Å². The smallest absolute Gasteiger partial charge is 0.289 e. The first-order valence-electron chi connectivity index (χ1n) is 8.89. The third-order valence-corrected chi connectivity index (χ3v) is 4.01. The Hall–Kier alpha value is -3.49. The van der Waals surface area contributed by atoms with Gasteiger partial charge in [-0.2, -0.15) is 0 Å². The number of carbonyl (C=O) groups excluding carboxylic acids is 1. The number of carbonyl (C=O) groups is 1. The number of hydrogen-bond acceptors (Lipinski definition) is 6. The maximum Gasteiger partial charge on any atom is 0.289 e. The molecular formula is C19H21N3O6. The molecule has 0 aliphatic carbocycles. The minimum atomic E-state index is -0.822. The largest absolute Gasteiger partial charge is 0.494 e. The third-order valence-electron chi connectivity index (χ3n) is 4.01. The van der Waals surface area contributed by atoms with Crippen molar-refractivity contribution in [1.82, 2.24) is 0 Å². The number of benzene rings is 2. The van der Waals surface area contributed by atoms with E-state index in [4.69, 9.17) is 4.74 Å². The van der Waals surface area contributed by atoms with Gasteiger partial charge in [-0.1, -0.05) is 26.2 Å². The lowest BCUT2D eigenvalue weighted by Gasteiger charge is -2.08. The predicted molar refractivity (Wildman–Crippen MR) is 104 cm³/mol. The molecule has 2 rings (SSSR count). The Morgan fingerprint density at radius 1 is 1.00 bits per heavy atom. The fourth-order valence-electron chi connectivity index (χ4n) is 2.53. The molecule has 9 nitrogen and oxygen atoms in total. The molecule has 0 heterocycles. The van der Waals surface area contributed by atoms with Crippen LogP contribution in [0.25, 0.3) is 0 Å². The molecule has 0 unspecified atom stereocenters. The van der Waals surface area contributed by atoms with Gasteiger partial charge in [-0.25, -0.2) is 0 Å². The van der Waals surface area contributed by atoms with Crippen molar-refractivity contribution in [3.05, 3.63) is 68.3 Å². The van der Waals surface area contributed by atoms with Gasteiger partial charge in [0.05, 0.1) is 22.5 Å². The van der Waals surface area contributed by atoms with Crippen molar-refractivity contribution in [2.75, 3.05) is 11.9 Å². The van der Waals surface area contributed by atoms with E-state index in [0.717, 1.165) is 37.5 Å². The zero-order chi connectivity index (χ0) is 20.5. The van der Waals surface area contributed by atoms with Crippen LogP contribution in [-0.4, -0.2) is 22.4 Å². The Balaban J connectivity index is 2.02. The normalized spacial score (nSPS) is 10.3. The van der Waals surface area contributed by atoms with Crippen LogP contribution in [0.1, 0.15) is 43.0 Å². The SMILES string of the molecule is CCCCCCOc1ccc(NC(=O)c2ccc([N+](=O)[O-])cc2[N+](=O)[O-])cc1. The number of anilines is 1. The molecule has 0 atom stereocenters. The monoisotopic (exact) mass is 387 g/mol. The van der Waals surface area contributed by atoms with Crippen molar-refractivity contribution < 1.29 is 19.4 Å². The second-order valence-corrected chi connectivity index (χ2v) is 6.10. The van der Waals surface area contributed by atoms with Gasteiger partial charge in [-0.3, -0.25) is 25.0 Å². The molecule has 2 aromatic carbocycles. The summed E-state index contributed by atoms with van der Waals surface area (Å²) >= 11 is 0. The zero-order valence-corrected chi connectivity index (χ0v) is 15.4. The number of non-ortho nitro benzene ring substituents is 1. The minimum absolute atomic E-state index is 0.258. The molecule has 0 fully saturated rings. The van der Waals surface area contributed by atoms with Gasteiger partial charge in [0.15, 0.2) is 0 Å². The first-order chi connectivity index (χ1) is 13.4. The molecule has 0 radical (unpaired) electrons. The van der Waals surface area contributed by atoms with Crippen LogP contribution in [0.15, 0.2) is 42.5 Å². The molecule has 0 aliphatic heterocycles. The van der Waals surface area contributed by atoms with E-state index in [1.165, 1.54) is 6.42 Å². The lowest BCUT2D eigenvalue weighted by Crippen LogP contribution is -2.14. The Kier molecular flexibility index (Phi) is 7.44. The Labute approximate surface area is 161 Å². The van der Waals surface area contributed by atoms with E-state index in [1.807, 2.05) is 0 Å². The number of hydrogen-bond donors (Lipinski definition) is 1. The van der Waals surface area contributed by atoms with E-state index in [-0.39, 0.29) is 5.56 Å². The minimum Gasteiger partial charge on any atom is -0.494 e. The van der Waals surface area contributed by atoms with Crippen molar-refractivity contribution in [3.8, 4) is 5.75 Å². The summed E-state index contributed by atoms with van der Waals surface area (Å²) in [6.45, 7) is 2.75. The Bertz CT molecular complexity index is 851. The number of ether oxygens (including phenoxy) is 1. The fourth-order valence-corrected chi connectivity index (χ4v) is 2.53. The summed E-state index contributed by atoms with van der Waals surface area (Å²) in [4.78, 5) is 32.7. The molecule has 1 N–H and O–H groups in total. The molecule has 148 valence electrons. The summed E-state index contributed by atoms with van der Waals surface area (Å²) in [7, 11) is 0. The van der Waals surface area contributed by atoms with Crippen LogP contribution < -0.4 is 10.1 Å². The molecule has 0 saturated heterocycles. The Morgan fingerprint density at radius 3 is 2.32 bits per heavy atom. The summed E-state index contributed by atoms with van der Waals surface area (Å²) in [6, 6.07) is 9.52. The molecule has 0 saturated carbocycles. The molecule has 0 bridgehead atoms. The molecule has 28 heavy (non-hydrogen) atoms. The van der Waals surface area contributed by atoms with Gasteiger partial charge in [0, 0.05) is 11.8 Å². The van der Waals surface area contributed by atoms with Crippen molar-refractivity contribution in [3.63, 3.8) is 0 Å². The van der Waals surface area contributed by atoms with Crippen molar-refractivity contribution >= 4 is 23.0 Å². The fraction of sp³-hybridized carbons (Fsp3) is 0.316. The number of amides is 1. The summed E-state index contributed by atoms with van der Waals surface area (Å²) in [6.07, 6.45) is 4.40. The molecule has 1 amide bonds. The average Bonchev–Trinajstić information content (AvgIpc) is 2.68. The van der Waals surface area contributed by atoms with E-state index >= 15 is 0 Å². The summed E-state index contributed by atoms with van der Waals surface area (Å²) in [5.74, 6) is -0.0642. The quantitative estimate of drug-likeness (QED) is 0.357. The van der Waals surface area contributed by atoms with Crippen molar-refractivity contribution in [2.24, 2.45) is 0 Å². The van der Waals surface area contributed by atoms with Crippen LogP contribution in [0.2, 0.25) is 0 Å². The highest BCUT2D eigenvalue weighted by molar-refractivity contribution is 6.07. The summed E-state index contributed by atoms with van der Waals surface area (Å²) < 4.78 is 5.62. The van der Waals surface area contributed by atoms with Gasteiger partial charge in [-0.05, 0) is 36.8 Å². The summed E-state index contributed by atoms with van der Waals surface area (Å²) in [5, 5.41) is 24.5. The zero-order valence-electron chi connectivity index (χ0n) is 15.4. The molecule has 9 heteroatoms. The first-order valence-corrected chi connectivity index (χ1v) is 8.89. The van der Waals surface area contributed by atoms with Crippen LogP contribution in [-0.2, 0) is 0 Å². The van der Waals surface area contributed by atoms with Crippen molar-refractivity contribution in [2.45, 2.75) is 32.6 Å². The van der Waals surface area contributed by atoms with E-state index < -0.39 is 27.1 Å². The van der Waals surface area contributed by atoms with E-state index in [1.54, 1.807) is 24.3 Å². The number of rotatable bonds is 10. The number of nitro groups is 2. The second-order valence-electron chi connectivity index (χ2n) is 6.10. The van der Waals surface area contributed by atoms with Gasteiger partial charge >= 0.3 is 0 Å². The highest BCUT2D eigenvalue weighted by atomic mass is 16.6. The number of nitro benzene ring substituents is 2. The average molecular weight is 387 g/mol. The summed E-state index contributed by atoms with van der Waals surface area (Å²) in [5.41, 5.74) is -0.912. The molecule has 2 aromatic rings. The number of unbranched alkanes of at least 4 members (excludes halogenated alkanes) is 3. The second kappa shape index (κ2) is 10.0. The van der Waals surface area contributed by atoms with Crippen LogP contribution in [0.4, 0.5) is 17.1 Å². The van der Waals surface area contributed by atoms with Crippen LogP contribution >= 0.6 is 0 Å². The molecular weight excluding hydrogens is 366 g/mol. The van der Waals surface area contributed by atoms with Gasteiger partial charge in [0.2, 0.25) is 0 Å². The third kappa shape index (κ3) is 5.76. The van der Waals surface area contributed by atoms with E-state index in [9.17, 15) is 25.0 Å². The van der Waals surface area contributed by atoms with E-state index in [0.29, 0.717) is 18.0 Å². The van der Waals surface area contributed by atoms with Gasteiger partial charge in [0.1, 0.15) is 11.3 Å². The van der Waals surface area contributed by atoms with Crippen LogP contribution in [0.5, 0.6) is 5.75 Å². The van der Waals surface area contributed by atoms with Crippen molar-refractivity contribution in [1.29, 1.82) is 0 Å². The lowest BCUT2D eigenvalue weighted by atomic mass is 10.1. The van der Waals surface area contributed by atoms with Gasteiger partial charge in [-0.15, -0.1) is 0 Å². The number of nitrogens with one attached hydrogen (secondary N) is 1. The Morgan fingerprint density at radius 2 is 1.71 bits per heavy atom. The van der Waals surface area contributed by atoms with Gasteiger partial charge < -0.3 is 10.1 Å². The molecule has 0 aliphatic rings. The number of nitrogens with zero attached hydrogens (tertiary/aromatic N) is 2. The topological polar surface area (TPSA) is 125 Å². The molecule has 0 aromatic heterocycles. The highest BCUT2D eigenvalue weighted by Gasteiger charge is 2.24. The first kappa shape index (κ1) is 20.8. The molecule has 0 spiro atoms. The maximum absolute atomic E-state index is 12.4. The standard InChI is InChI=1S/C19H21N3O6/c1-2-3-4-5-12-28-16-9-6-14(7-10-16)20-19(23)17-11-8-15(21(24)25)13-18(17)22(26)27/h6-11,13H,2-5,12H2,1H3,(H,20,23).